The molecule has 1 amide bonds. The molecule has 2 rings (SSSR count). The quantitative estimate of drug-likeness (QED) is 0.661. The zero-order valence-corrected chi connectivity index (χ0v) is 14.2. The minimum atomic E-state index is -4.54. The van der Waals surface area contributed by atoms with Gasteiger partial charge in [-0.3, -0.25) is 4.79 Å². The van der Waals surface area contributed by atoms with Crippen molar-refractivity contribution >= 4 is 23.4 Å². The summed E-state index contributed by atoms with van der Waals surface area (Å²) in [5.74, 6) is -0.407. The Hall–Kier alpha value is -2.09. The Bertz CT molecular complexity index is 763. The highest BCUT2D eigenvalue weighted by Gasteiger charge is 2.33. The number of alkyl halides is 3. The third-order valence-electron chi connectivity index (χ3n) is 3.25. The van der Waals surface area contributed by atoms with E-state index >= 15 is 0 Å². The number of thioether (sulfide) groups is 1. The molecule has 0 fully saturated rings. The lowest BCUT2D eigenvalue weighted by atomic mass is 10.1. The van der Waals surface area contributed by atoms with Crippen molar-refractivity contribution in [1.82, 2.24) is 9.97 Å². The van der Waals surface area contributed by atoms with Crippen molar-refractivity contribution in [3.63, 3.8) is 0 Å². The Balaban J connectivity index is 2.01. The molecule has 128 valence electrons. The third kappa shape index (κ3) is 4.95. The maximum Gasteiger partial charge on any atom is 0.433 e. The average Bonchev–Trinajstić information content (AvgIpc) is 2.47. The number of aromatic nitrogens is 2. The first-order valence-electron chi connectivity index (χ1n) is 7.08. The summed E-state index contributed by atoms with van der Waals surface area (Å²) in [6.07, 6.45) is -4.54. The Morgan fingerprint density at radius 1 is 1.12 bits per heavy atom. The smallest absolute Gasteiger partial charge is 0.325 e. The van der Waals surface area contributed by atoms with Crippen LogP contribution in [0.15, 0.2) is 29.4 Å². The first-order chi connectivity index (χ1) is 11.1. The molecule has 0 bridgehead atoms. The summed E-state index contributed by atoms with van der Waals surface area (Å²) in [7, 11) is 0. The molecule has 0 aliphatic heterocycles. The van der Waals surface area contributed by atoms with Gasteiger partial charge in [0.15, 0.2) is 5.16 Å². The van der Waals surface area contributed by atoms with Crippen molar-refractivity contribution in [2.24, 2.45) is 0 Å². The van der Waals surface area contributed by atoms with E-state index in [1.165, 1.54) is 6.92 Å². The topological polar surface area (TPSA) is 54.9 Å². The third-order valence-corrected chi connectivity index (χ3v) is 4.09. The second-order valence-corrected chi connectivity index (χ2v) is 6.25. The lowest BCUT2D eigenvalue weighted by Gasteiger charge is -2.09. The van der Waals surface area contributed by atoms with Crippen LogP contribution in [0.2, 0.25) is 0 Å². The van der Waals surface area contributed by atoms with E-state index in [4.69, 9.17) is 0 Å². The summed E-state index contributed by atoms with van der Waals surface area (Å²) in [6.45, 7) is 5.35. The summed E-state index contributed by atoms with van der Waals surface area (Å²) in [4.78, 5) is 19.3. The molecule has 0 aliphatic rings. The van der Waals surface area contributed by atoms with Crippen LogP contribution in [0.3, 0.4) is 0 Å². The van der Waals surface area contributed by atoms with Crippen LogP contribution in [-0.2, 0) is 11.0 Å². The molecule has 0 spiro atoms. The van der Waals surface area contributed by atoms with Crippen molar-refractivity contribution in [1.29, 1.82) is 0 Å². The van der Waals surface area contributed by atoms with E-state index in [2.05, 4.69) is 15.3 Å². The fourth-order valence-electron chi connectivity index (χ4n) is 1.90. The molecule has 0 unspecified atom stereocenters. The van der Waals surface area contributed by atoms with Crippen LogP contribution in [0.25, 0.3) is 0 Å². The number of halogens is 3. The SMILES string of the molecule is Cc1cc(C(F)(F)F)nc(SCC(=O)Nc2ccc(C)c(C)c2)n1. The number of carbonyl (C=O) groups excluding carboxylic acids is 1. The van der Waals surface area contributed by atoms with Gasteiger partial charge in [-0.15, -0.1) is 0 Å². The molecule has 0 atom stereocenters. The molecule has 0 radical (unpaired) electrons. The Morgan fingerprint density at radius 3 is 2.46 bits per heavy atom. The number of hydrogen-bond donors (Lipinski definition) is 1. The number of aryl methyl sites for hydroxylation is 3. The largest absolute Gasteiger partial charge is 0.433 e. The highest BCUT2D eigenvalue weighted by molar-refractivity contribution is 7.99. The predicted octanol–water partition coefficient (Wildman–Crippen LogP) is 4.15. The van der Waals surface area contributed by atoms with E-state index in [0.717, 1.165) is 29.0 Å². The van der Waals surface area contributed by atoms with E-state index in [-0.39, 0.29) is 22.5 Å². The second-order valence-electron chi connectivity index (χ2n) is 5.31. The number of benzene rings is 1. The number of carbonyl (C=O) groups is 1. The molecule has 0 saturated heterocycles. The summed E-state index contributed by atoms with van der Waals surface area (Å²) >= 11 is 0.865. The predicted molar refractivity (Wildman–Crippen MR) is 87.0 cm³/mol. The number of nitrogens with zero attached hydrogens (tertiary/aromatic N) is 2. The lowest BCUT2D eigenvalue weighted by molar-refractivity contribution is -0.141. The Labute approximate surface area is 141 Å². The van der Waals surface area contributed by atoms with E-state index in [0.29, 0.717) is 5.69 Å². The Kier molecular flexibility index (Phi) is 5.48. The molecule has 4 nitrogen and oxygen atoms in total. The molecule has 2 aromatic rings. The van der Waals surface area contributed by atoms with E-state index in [1.54, 1.807) is 6.07 Å². The van der Waals surface area contributed by atoms with Crippen molar-refractivity contribution < 1.29 is 18.0 Å². The summed E-state index contributed by atoms with van der Waals surface area (Å²) in [6, 6.07) is 6.37. The fraction of sp³-hybridized carbons (Fsp3) is 0.312. The van der Waals surface area contributed by atoms with E-state index in [1.807, 2.05) is 26.0 Å². The van der Waals surface area contributed by atoms with Gasteiger partial charge in [-0.2, -0.15) is 13.2 Å². The molecule has 8 heteroatoms. The van der Waals surface area contributed by atoms with Gasteiger partial charge in [0, 0.05) is 11.4 Å². The zero-order chi connectivity index (χ0) is 17.9. The summed E-state index contributed by atoms with van der Waals surface area (Å²) in [5.41, 5.74) is 1.99. The van der Waals surface area contributed by atoms with Gasteiger partial charge in [-0.05, 0) is 50.1 Å². The monoisotopic (exact) mass is 355 g/mol. The minimum Gasteiger partial charge on any atom is -0.325 e. The zero-order valence-electron chi connectivity index (χ0n) is 13.4. The van der Waals surface area contributed by atoms with Crippen molar-refractivity contribution in [3.05, 3.63) is 46.8 Å². The number of rotatable bonds is 4. The van der Waals surface area contributed by atoms with Gasteiger partial charge in [0.05, 0.1) is 5.75 Å². The molecule has 1 N–H and O–H groups in total. The standard InChI is InChI=1S/C16H16F3N3OS/c1-9-4-5-12(6-10(9)2)21-14(23)8-24-15-20-11(3)7-13(22-15)16(17,18)19/h4-7H,8H2,1-3H3,(H,21,23). The molecule has 0 aliphatic carbocycles. The maximum absolute atomic E-state index is 12.7. The van der Waals surface area contributed by atoms with E-state index < -0.39 is 11.9 Å². The first-order valence-corrected chi connectivity index (χ1v) is 8.06. The molecule has 0 saturated carbocycles. The average molecular weight is 355 g/mol. The number of hydrogen-bond acceptors (Lipinski definition) is 4. The normalized spacial score (nSPS) is 11.4. The first kappa shape index (κ1) is 18.3. The summed E-state index contributed by atoms with van der Waals surface area (Å²) in [5, 5.41) is 2.63. The molecule has 1 heterocycles. The van der Waals surface area contributed by atoms with Crippen LogP contribution in [0.1, 0.15) is 22.5 Å². The molecular formula is C16H16F3N3OS. The molecule has 24 heavy (non-hydrogen) atoms. The fourth-order valence-corrected chi connectivity index (χ4v) is 2.60. The highest BCUT2D eigenvalue weighted by Crippen LogP contribution is 2.29. The molecule has 1 aromatic carbocycles. The van der Waals surface area contributed by atoms with Crippen molar-refractivity contribution in [3.8, 4) is 0 Å². The molecule has 1 aromatic heterocycles. The van der Waals surface area contributed by atoms with Gasteiger partial charge in [-0.1, -0.05) is 17.8 Å². The maximum atomic E-state index is 12.7. The lowest BCUT2D eigenvalue weighted by Crippen LogP contribution is -2.15. The van der Waals surface area contributed by atoms with Gasteiger partial charge < -0.3 is 5.32 Å². The van der Waals surface area contributed by atoms with Crippen LogP contribution in [-0.4, -0.2) is 21.6 Å². The van der Waals surface area contributed by atoms with Crippen LogP contribution < -0.4 is 5.32 Å². The highest BCUT2D eigenvalue weighted by atomic mass is 32.2. The van der Waals surface area contributed by atoms with Crippen LogP contribution in [0, 0.1) is 20.8 Å². The summed E-state index contributed by atoms with van der Waals surface area (Å²) < 4.78 is 38.2. The van der Waals surface area contributed by atoms with Gasteiger partial charge in [0.2, 0.25) is 5.91 Å². The minimum absolute atomic E-state index is 0.0717. The van der Waals surface area contributed by atoms with E-state index in [9.17, 15) is 18.0 Å². The van der Waals surface area contributed by atoms with Crippen LogP contribution in [0.4, 0.5) is 18.9 Å². The van der Waals surface area contributed by atoms with Crippen LogP contribution >= 0.6 is 11.8 Å². The van der Waals surface area contributed by atoms with Gasteiger partial charge in [0.1, 0.15) is 5.69 Å². The van der Waals surface area contributed by atoms with Gasteiger partial charge >= 0.3 is 6.18 Å². The van der Waals surface area contributed by atoms with Gasteiger partial charge in [-0.25, -0.2) is 9.97 Å². The number of amides is 1. The second kappa shape index (κ2) is 7.21. The van der Waals surface area contributed by atoms with Crippen LogP contribution in [0.5, 0.6) is 0 Å². The van der Waals surface area contributed by atoms with Crippen molar-refractivity contribution in [2.45, 2.75) is 32.1 Å². The Morgan fingerprint density at radius 2 is 1.83 bits per heavy atom. The number of nitrogens with one attached hydrogen (secondary N) is 1. The van der Waals surface area contributed by atoms with Crippen molar-refractivity contribution in [2.75, 3.05) is 11.1 Å². The molecular weight excluding hydrogens is 339 g/mol. The van der Waals surface area contributed by atoms with Gasteiger partial charge in [0.25, 0.3) is 0 Å². The number of anilines is 1.